The number of aryl methyl sites for hydroxylation is 1. The first-order valence-electron chi connectivity index (χ1n) is 6.65. The molecule has 0 radical (unpaired) electrons. The van der Waals surface area contributed by atoms with E-state index in [1.165, 1.54) is 22.4 Å². The van der Waals surface area contributed by atoms with Crippen molar-refractivity contribution in [1.82, 2.24) is 9.88 Å². The molecule has 0 spiro atoms. The number of fused-ring (bicyclic) bond motifs is 2. The maximum absolute atomic E-state index is 9.13. The molecule has 0 aliphatic carbocycles. The molecule has 1 aromatic carbocycles. The average molecular weight is 251 g/mol. The lowest BCUT2D eigenvalue weighted by molar-refractivity contribution is 0.309. The van der Waals surface area contributed by atoms with Gasteiger partial charge in [0.05, 0.1) is 18.0 Å². The number of aromatic nitrogens is 1. The molecule has 3 rings (SSSR count). The van der Waals surface area contributed by atoms with Crippen LogP contribution in [-0.2, 0) is 19.4 Å². The maximum Gasteiger partial charge on any atom is 0.0708 e. The lowest BCUT2D eigenvalue weighted by Crippen LogP contribution is -2.28. The van der Waals surface area contributed by atoms with Crippen LogP contribution in [0, 0.1) is 18.3 Å². The number of hydrogen-bond acceptors (Lipinski definition) is 3. The van der Waals surface area contributed by atoms with E-state index in [4.69, 9.17) is 10.2 Å². The molecular formula is C16H17N3. The molecule has 19 heavy (non-hydrogen) atoms. The van der Waals surface area contributed by atoms with Crippen LogP contribution in [0.25, 0.3) is 10.9 Å². The second-order valence-electron chi connectivity index (χ2n) is 5.36. The summed E-state index contributed by atoms with van der Waals surface area (Å²) < 4.78 is 0. The normalized spacial score (nSPS) is 15.2. The molecule has 0 atom stereocenters. The highest BCUT2D eigenvalue weighted by molar-refractivity contribution is 5.84. The van der Waals surface area contributed by atoms with Crippen LogP contribution in [0.5, 0.6) is 0 Å². The summed E-state index contributed by atoms with van der Waals surface area (Å²) in [7, 11) is 2.12. The minimum atomic E-state index is 0.471. The van der Waals surface area contributed by atoms with Crippen molar-refractivity contribution in [2.45, 2.75) is 26.3 Å². The Morgan fingerprint density at radius 2 is 2.26 bits per heavy atom. The number of pyridine rings is 1. The first-order chi connectivity index (χ1) is 9.19. The molecule has 2 heterocycles. The highest BCUT2D eigenvalue weighted by Crippen LogP contribution is 2.28. The van der Waals surface area contributed by atoms with E-state index in [2.05, 4.69) is 43.1 Å². The molecule has 1 aliphatic rings. The number of rotatable bonds is 1. The van der Waals surface area contributed by atoms with Gasteiger partial charge in [0.2, 0.25) is 0 Å². The molecule has 3 nitrogen and oxygen atoms in total. The summed E-state index contributed by atoms with van der Waals surface area (Å²) in [6, 6.07) is 8.63. The predicted molar refractivity (Wildman–Crippen MR) is 75.8 cm³/mol. The molecule has 0 N–H and O–H groups in total. The van der Waals surface area contributed by atoms with Gasteiger partial charge in [-0.3, -0.25) is 4.98 Å². The summed E-state index contributed by atoms with van der Waals surface area (Å²) in [5, 5.41) is 10.3. The van der Waals surface area contributed by atoms with Crippen LogP contribution in [0.2, 0.25) is 0 Å². The highest BCUT2D eigenvalue weighted by Gasteiger charge is 2.20. The highest BCUT2D eigenvalue weighted by atomic mass is 15.1. The number of likely N-dealkylation sites (N-methyl/N-ethyl adjacent to an activating group) is 1. The third-order valence-corrected chi connectivity index (χ3v) is 3.86. The first kappa shape index (κ1) is 12.1. The molecule has 0 fully saturated rings. The van der Waals surface area contributed by atoms with E-state index in [0.29, 0.717) is 6.42 Å². The van der Waals surface area contributed by atoms with Gasteiger partial charge in [-0.25, -0.2) is 0 Å². The number of hydrogen-bond donors (Lipinski definition) is 0. The topological polar surface area (TPSA) is 39.9 Å². The minimum Gasteiger partial charge on any atom is -0.302 e. The van der Waals surface area contributed by atoms with Gasteiger partial charge >= 0.3 is 0 Å². The summed E-state index contributed by atoms with van der Waals surface area (Å²) in [4.78, 5) is 7.10. The van der Waals surface area contributed by atoms with E-state index in [9.17, 15) is 0 Å². The smallest absolute Gasteiger partial charge is 0.0708 e. The zero-order valence-corrected chi connectivity index (χ0v) is 11.4. The Labute approximate surface area is 113 Å². The van der Waals surface area contributed by atoms with E-state index < -0.39 is 0 Å². The molecule has 1 aromatic heterocycles. The van der Waals surface area contributed by atoms with Crippen molar-refractivity contribution in [3.8, 4) is 6.07 Å². The van der Waals surface area contributed by atoms with Crippen LogP contribution >= 0.6 is 0 Å². The Hall–Kier alpha value is -1.92. The minimum absolute atomic E-state index is 0.471. The van der Waals surface area contributed by atoms with Crippen molar-refractivity contribution in [2.75, 3.05) is 13.6 Å². The van der Waals surface area contributed by atoms with Crippen molar-refractivity contribution in [3.63, 3.8) is 0 Å². The van der Waals surface area contributed by atoms with Crippen molar-refractivity contribution in [3.05, 3.63) is 40.6 Å². The Bertz CT molecular complexity index is 682. The molecule has 96 valence electrons. The molecule has 3 heteroatoms. The van der Waals surface area contributed by atoms with Crippen LogP contribution in [0.1, 0.15) is 22.4 Å². The van der Waals surface area contributed by atoms with Crippen molar-refractivity contribution >= 4 is 10.9 Å². The fourth-order valence-electron chi connectivity index (χ4n) is 2.86. The molecule has 0 unspecified atom stereocenters. The molecule has 0 bridgehead atoms. The van der Waals surface area contributed by atoms with Crippen LogP contribution in [0.15, 0.2) is 18.2 Å². The van der Waals surface area contributed by atoms with E-state index in [1.807, 2.05) is 0 Å². The Morgan fingerprint density at radius 1 is 1.42 bits per heavy atom. The van der Waals surface area contributed by atoms with Gasteiger partial charge in [-0.1, -0.05) is 11.6 Å². The molecule has 0 amide bonds. The van der Waals surface area contributed by atoms with Gasteiger partial charge in [-0.2, -0.15) is 5.26 Å². The van der Waals surface area contributed by atoms with Gasteiger partial charge in [0, 0.05) is 30.6 Å². The van der Waals surface area contributed by atoms with Gasteiger partial charge in [0.1, 0.15) is 0 Å². The zero-order chi connectivity index (χ0) is 13.4. The molecule has 1 aliphatic heterocycles. The van der Waals surface area contributed by atoms with Gasteiger partial charge in [-0.05, 0) is 37.2 Å². The quantitative estimate of drug-likeness (QED) is 0.782. The monoisotopic (exact) mass is 251 g/mol. The third-order valence-electron chi connectivity index (χ3n) is 3.86. The molecule has 0 saturated carbocycles. The summed E-state index contributed by atoms with van der Waals surface area (Å²) in [5.41, 5.74) is 5.88. The zero-order valence-electron chi connectivity index (χ0n) is 11.4. The van der Waals surface area contributed by atoms with Gasteiger partial charge in [0.15, 0.2) is 0 Å². The fourth-order valence-corrected chi connectivity index (χ4v) is 2.86. The third kappa shape index (κ3) is 2.09. The second kappa shape index (κ2) is 4.64. The summed E-state index contributed by atoms with van der Waals surface area (Å²) in [6.07, 6.45) is 1.45. The summed E-state index contributed by atoms with van der Waals surface area (Å²) >= 11 is 0. The number of benzene rings is 1. The lowest BCUT2D eigenvalue weighted by atomic mass is 9.94. The van der Waals surface area contributed by atoms with E-state index in [1.54, 1.807) is 0 Å². The summed E-state index contributed by atoms with van der Waals surface area (Å²) in [5.74, 6) is 0. The second-order valence-corrected chi connectivity index (χ2v) is 5.36. The van der Waals surface area contributed by atoms with E-state index in [-0.39, 0.29) is 0 Å². The van der Waals surface area contributed by atoms with E-state index in [0.717, 1.165) is 30.4 Å². The Morgan fingerprint density at radius 3 is 3.05 bits per heavy atom. The largest absolute Gasteiger partial charge is 0.302 e. The lowest BCUT2D eigenvalue weighted by Gasteiger charge is -2.26. The average Bonchev–Trinajstić information content (AvgIpc) is 2.40. The van der Waals surface area contributed by atoms with Gasteiger partial charge < -0.3 is 4.90 Å². The summed E-state index contributed by atoms with van der Waals surface area (Å²) in [6.45, 7) is 4.04. The fraction of sp³-hybridized carbons (Fsp3) is 0.375. The predicted octanol–water partition coefficient (Wildman–Crippen LogP) is 2.60. The van der Waals surface area contributed by atoms with E-state index >= 15 is 0 Å². The standard InChI is InChI=1S/C16H17N3/c1-11-3-4-15-13(9-11)12(5-7-17)14-10-19(2)8-6-16(14)18-15/h3-4,9H,5-6,8,10H2,1-2H3. The molecule has 0 saturated heterocycles. The van der Waals surface area contributed by atoms with Crippen molar-refractivity contribution < 1.29 is 0 Å². The number of nitriles is 1. The molecule has 2 aromatic rings. The number of nitrogens with zero attached hydrogens (tertiary/aromatic N) is 3. The van der Waals surface area contributed by atoms with Crippen LogP contribution in [0.3, 0.4) is 0 Å². The molecular weight excluding hydrogens is 234 g/mol. The van der Waals surface area contributed by atoms with Crippen molar-refractivity contribution in [1.29, 1.82) is 5.26 Å². The van der Waals surface area contributed by atoms with Crippen LogP contribution < -0.4 is 0 Å². The Balaban J connectivity index is 2.31. The SMILES string of the molecule is Cc1ccc2nc3c(c(CC#N)c2c1)CN(C)CC3. The van der Waals surface area contributed by atoms with Gasteiger partial charge in [-0.15, -0.1) is 0 Å². The van der Waals surface area contributed by atoms with Crippen molar-refractivity contribution in [2.24, 2.45) is 0 Å². The van der Waals surface area contributed by atoms with Crippen LogP contribution in [-0.4, -0.2) is 23.5 Å². The maximum atomic E-state index is 9.13. The first-order valence-corrected chi connectivity index (χ1v) is 6.65. The Kier molecular flexibility index (Phi) is 2.96. The van der Waals surface area contributed by atoms with Gasteiger partial charge in [0.25, 0.3) is 0 Å². The van der Waals surface area contributed by atoms with Crippen LogP contribution in [0.4, 0.5) is 0 Å².